The van der Waals surface area contributed by atoms with Gasteiger partial charge in [0.1, 0.15) is 0 Å². The number of hydrogen-bond acceptors (Lipinski definition) is 4. The lowest BCUT2D eigenvalue weighted by atomic mass is 10.0. The molecule has 6 nitrogen and oxygen atoms in total. The molecule has 29 heavy (non-hydrogen) atoms. The van der Waals surface area contributed by atoms with E-state index in [1.165, 1.54) is 5.56 Å². The largest absolute Gasteiger partial charge is 0.493 e. The minimum absolute atomic E-state index is 0.0908. The monoisotopic (exact) mass is 397 g/mol. The Morgan fingerprint density at radius 2 is 1.72 bits per heavy atom. The Bertz CT molecular complexity index is 774. The van der Waals surface area contributed by atoms with E-state index in [1.54, 1.807) is 14.2 Å². The first-order chi connectivity index (χ1) is 14.2. The van der Waals surface area contributed by atoms with Crippen LogP contribution in [0.5, 0.6) is 11.5 Å². The first kappa shape index (κ1) is 21.0. The Hall–Kier alpha value is -2.73. The number of urea groups is 1. The van der Waals surface area contributed by atoms with E-state index in [1.807, 2.05) is 24.3 Å². The van der Waals surface area contributed by atoms with Crippen LogP contribution in [-0.2, 0) is 13.0 Å². The lowest BCUT2D eigenvalue weighted by Gasteiger charge is -2.32. The van der Waals surface area contributed by atoms with Gasteiger partial charge in [-0.05, 0) is 42.5 Å². The van der Waals surface area contributed by atoms with Crippen molar-refractivity contribution >= 4 is 6.03 Å². The number of piperidine rings is 1. The van der Waals surface area contributed by atoms with Gasteiger partial charge in [0.2, 0.25) is 0 Å². The van der Waals surface area contributed by atoms with Gasteiger partial charge < -0.3 is 20.1 Å². The molecule has 0 spiro atoms. The molecule has 0 aliphatic carbocycles. The molecule has 2 aromatic carbocycles. The predicted molar refractivity (Wildman–Crippen MR) is 115 cm³/mol. The molecular weight excluding hydrogens is 366 g/mol. The summed E-state index contributed by atoms with van der Waals surface area (Å²) in [7, 11) is 3.24. The summed E-state index contributed by atoms with van der Waals surface area (Å²) in [6.07, 6.45) is 2.70. The van der Waals surface area contributed by atoms with Crippen molar-refractivity contribution in [2.45, 2.75) is 31.8 Å². The van der Waals surface area contributed by atoms with Gasteiger partial charge in [-0.25, -0.2) is 4.79 Å². The van der Waals surface area contributed by atoms with E-state index in [2.05, 4.69) is 39.8 Å². The van der Waals surface area contributed by atoms with Gasteiger partial charge in [-0.1, -0.05) is 36.4 Å². The highest BCUT2D eigenvalue weighted by atomic mass is 16.5. The van der Waals surface area contributed by atoms with Crippen LogP contribution < -0.4 is 20.1 Å². The van der Waals surface area contributed by atoms with Crippen LogP contribution >= 0.6 is 0 Å². The molecule has 0 atom stereocenters. The quantitative estimate of drug-likeness (QED) is 0.718. The number of nitrogens with zero attached hydrogens (tertiary/aromatic N) is 1. The zero-order valence-electron chi connectivity index (χ0n) is 17.3. The molecule has 2 N–H and O–H groups in total. The summed E-state index contributed by atoms with van der Waals surface area (Å²) in [6.45, 7) is 3.57. The van der Waals surface area contributed by atoms with Gasteiger partial charge in [0.25, 0.3) is 0 Å². The molecule has 3 rings (SSSR count). The number of ether oxygens (including phenoxy) is 2. The number of carbonyl (C=O) groups is 1. The predicted octanol–water partition coefficient (Wildman–Crippen LogP) is 3.21. The number of amides is 2. The van der Waals surface area contributed by atoms with E-state index in [9.17, 15) is 4.79 Å². The lowest BCUT2D eigenvalue weighted by molar-refractivity contribution is 0.186. The van der Waals surface area contributed by atoms with Crippen LogP contribution in [-0.4, -0.2) is 50.8 Å². The summed E-state index contributed by atoms with van der Waals surface area (Å²) in [5, 5.41) is 6.07. The number of methoxy groups -OCH3 is 2. The van der Waals surface area contributed by atoms with Crippen LogP contribution in [0.15, 0.2) is 48.5 Å². The highest BCUT2D eigenvalue weighted by Gasteiger charge is 2.20. The van der Waals surface area contributed by atoms with Crippen molar-refractivity contribution in [3.63, 3.8) is 0 Å². The van der Waals surface area contributed by atoms with Gasteiger partial charge in [0, 0.05) is 32.2 Å². The van der Waals surface area contributed by atoms with Gasteiger partial charge in [-0.3, -0.25) is 4.90 Å². The summed E-state index contributed by atoms with van der Waals surface area (Å²) in [6, 6.07) is 16.5. The Morgan fingerprint density at radius 3 is 2.41 bits per heavy atom. The molecule has 1 aliphatic rings. The Kier molecular flexibility index (Phi) is 7.76. The lowest BCUT2D eigenvalue weighted by Crippen LogP contribution is -2.48. The topological polar surface area (TPSA) is 62.8 Å². The standard InChI is InChI=1S/C23H31N3O3/c1-28-21-9-8-18(16-22(21)29-2)10-13-24-23(27)25-20-11-14-26(15-12-20)17-19-6-4-3-5-7-19/h3-9,16,20H,10-15,17H2,1-2H3,(H2,24,25,27). The first-order valence-electron chi connectivity index (χ1n) is 10.2. The molecule has 2 aromatic rings. The number of rotatable bonds is 8. The van der Waals surface area contributed by atoms with Crippen molar-refractivity contribution < 1.29 is 14.3 Å². The van der Waals surface area contributed by atoms with Gasteiger partial charge in [-0.15, -0.1) is 0 Å². The van der Waals surface area contributed by atoms with Crippen LogP contribution in [0.3, 0.4) is 0 Å². The Balaban J connectivity index is 1.35. The molecule has 1 heterocycles. The van der Waals surface area contributed by atoms with E-state index in [0.717, 1.165) is 44.5 Å². The average molecular weight is 398 g/mol. The van der Waals surface area contributed by atoms with Gasteiger partial charge in [-0.2, -0.15) is 0 Å². The molecule has 1 saturated heterocycles. The second-order valence-electron chi connectivity index (χ2n) is 7.38. The number of nitrogens with one attached hydrogen (secondary N) is 2. The first-order valence-corrected chi connectivity index (χ1v) is 10.2. The molecule has 0 unspecified atom stereocenters. The Morgan fingerprint density at radius 1 is 1.00 bits per heavy atom. The van der Waals surface area contributed by atoms with Crippen LogP contribution in [0.1, 0.15) is 24.0 Å². The van der Waals surface area contributed by atoms with Crippen LogP contribution in [0.4, 0.5) is 4.79 Å². The summed E-state index contributed by atoms with van der Waals surface area (Å²) in [5.41, 5.74) is 2.43. The normalized spacial score (nSPS) is 15.0. The van der Waals surface area contributed by atoms with Crippen molar-refractivity contribution in [1.29, 1.82) is 0 Å². The molecule has 0 radical (unpaired) electrons. The number of hydrogen-bond donors (Lipinski definition) is 2. The molecular formula is C23H31N3O3. The smallest absolute Gasteiger partial charge is 0.315 e. The highest BCUT2D eigenvalue weighted by Crippen LogP contribution is 2.27. The summed E-state index contributed by atoms with van der Waals surface area (Å²) >= 11 is 0. The van der Waals surface area contributed by atoms with E-state index in [4.69, 9.17) is 9.47 Å². The van der Waals surface area contributed by atoms with Crippen molar-refractivity contribution in [2.75, 3.05) is 33.9 Å². The van der Waals surface area contributed by atoms with Crippen LogP contribution in [0, 0.1) is 0 Å². The van der Waals surface area contributed by atoms with Crippen molar-refractivity contribution in [1.82, 2.24) is 15.5 Å². The zero-order chi connectivity index (χ0) is 20.5. The van der Waals surface area contributed by atoms with Gasteiger partial charge >= 0.3 is 6.03 Å². The van der Waals surface area contributed by atoms with Gasteiger partial charge in [0.15, 0.2) is 11.5 Å². The van der Waals surface area contributed by atoms with Crippen LogP contribution in [0.2, 0.25) is 0 Å². The third kappa shape index (κ3) is 6.39. The fraction of sp³-hybridized carbons (Fsp3) is 0.435. The number of carbonyl (C=O) groups excluding carboxylic acids is 1. The van der Waals surface area contributed by atoms with Crippen LogP contribution in [0.25, 0.3) is 0 Å². The fourth-order valence-electron chi connectivity index (χ4n) is 3.67. The molecule has 2 amide bonds. The molecule has 6 heteroatoms. The maximum atomic E-state index is 12.2. The van der Waals surface area contributed by atoms with Crippen molar-refractivity contribution in [2.24, 2.45) is 0 Å². The van der Waals surface area contributed by atoms with E-state index in [0.29, 0.717) is 18.0 Å². The maximum Gasteiger partial charge on any atom is 0.315 e. The van der Waals surface area contributed by atoms with Crippen molar-refractivity contribution in [3.05, 3.63) is 59.7 Å². The summed E-state index contributed by atoms with van der Waals surface area (Å²) in [5.74, 6) is 1.41. The van der Waals surface area contributed by atoms with Crippen molar-refractivity contribution in [3.8, 4) is 11.5 Å². The summed E-state index contributed by atoms with van der Waals surface area (Å²) < 4.78 is 10.6. The minimum atomic E-state index is -0.0908. The minimum Gasteiger partial charge on any atom is -0.493 e. The van der Waals surface area contributed by atoms with E-state index in [-0.39, 0.29) is 12.1 Å². The summed E-state index contributed by atoms with van der Waals surface area (Å²) in [4.78, 5) is 14.7. The maximum absolute atomic E-state index is 12.2. The third-order valence-electron chi connectivity index (χ3n) is 5.32. The van der Waals surface area contributed by atoms with Gasteiger partial charge in [0.05, 0.1) is 14.2 Å². The second kappa shape index (κ2) is 10.7. The molecule has 0 aromatic heterocycles. The second-order valence-corrected chi connectivity index (χ2v) is 7.38. The fourth-order valence-corrected chi connectivity index (χ4v) is 3.67. The van der Waals surface area contributed by atoms with E-state index < -0.39 is 0 Å². The van der Waals surface area contributed by atoms with E-state index >= 15 is 0 Å². The molecule has 156 valence electrons. The number of benzene rings is 2. The SMILES string of the molecule is COc1ccc(CCNC(=O)NC2CCN(Cc3ccccc3)CC2)cc1OC. The molecule has 0 bridgehead atoms. The number of likely N-dealkylation sites (tertiary alicyclic amines) is 1. The Labute approximate surface area is 173 Å². The average Bonchev–Trinajstić information content (AvgIpc) is 2.75. The zero-order valence-corrected chi connectivity index (χ0v) is 17.3. The molecule has 1 fully saturated rings. The third-order valence-corrected chi connectivity index (χ3v) is 5.32. The molecule has 0 saturated carbocycles. The molecule has 1 aliphatic heterocycles. The highest BCUT2D eigenvalue weighted by molar-refractivity contribution is 5.74.